The number of pyridine rings is 1. The van der Waals surface area contributed by atoms with Gasteiger partial charge in [-0.3, -0.25) is 9.78 Å². The average molecular weight is 257 g/mol. The van der Waals surface area contributed by atoms with E-state index in [1.54, 1.807) is 6.20 Å². The Kier molecular flexibility index (Phi) is 4.47. The summed E-state index contributed by atoms with van der Waals surface area (Å²) < 4.78 is 0. The van der Waals surface area contributed by atoms with Gasteiger partial charge in [-0.05, 0) is 24.6 Å². The molecule has 2 N–H and O–H groups in total. The van der Waals surface area contributed by atoms with Crippen molar-refractivity contribution in [1.82, 2.24) is 9.88 Å². The largest absolute Gasteiger partial charge is 0.337 e. The maximum atomic E-state index is 12.6. The van der Waals surface area contributed by atoms with Crippen molar-refractivity contribution in [3.8, 4) is 0 Å². The third-order valence-electron chi connectivity index (χ3n) is 3.06. The number of aromatic nitrogens is 1. The van der Waals surface area contributed by atoms with Crippen molar-refractivity contribution in [3.63, 3.8) is 0 Å². The zero-order valence-corrected chi connectivity index (χ0v) is 11.2. The van der Waals surface area contributed by atoms with Gasteiger partial charge in [-0.1, -0.05) is 19.1 Å². The molecule has 100 valence electrons. The highest BCUT2D eigenvalue weighted by molar-refractivity contribution is 6.06. The molecule has 1 aromatic carbocycles. The first-order valence-electron chi connectivity index (χ1n) is 6.61. The van der Waals surface area contributed by atoms with Crippen LogP contribution in [0.1, 0.15) is 23.7 Å². The SMILES string of the molecule is CCCN(CCN)C(=O)c1cccc2ncccc12. The van der Waals surface area contributed by atoms with Gasteiger partial charge in [0.2, 0.25) is 0 Å². The summed E-state index contributed by atoms with van der Waals surface area (Å²) in [6.07, 6.45) is 2.66. The number of carbonyl (C=O) groups is 1. The van der Waals surface area contributed by atoms with E-state index in [2.05, 4.69) is 11.9 Å². The quantitative estimate of drug-likeness (QED) is 0.891. The van der Waals surface area contributed by atoms with Crippen LogP contribution in [0, 0.1) is 0 Å². The Hall–Kier alpha value is -1.94. The van der Waals surface area contributed by atoms with Crippen molar-refractivity contribution in [2.75, 3.05) is 19.6 Å². The Morgan fingerprint density at radius 1 is 1.26 bits per heavy atom. The first-order chi connectivity index (χ1) is 9.27. The number of nitrogens with two attached hydrogens (primary N) is 1. The van der Waals surface area contributed by atoms with E-state index >= 15 is 0 Å². The molecule has 0 atom stereocenters. The summed E-state index contributed by atoms with van der Waals surface area (Å²) in [5, 5.41) is 0.896. The highest BCUT2D eigenvalue weighted by Crippen LogP contribution is 2.18. The number of hydrogen-bond donors (Lipinski definition) is 1. The number of nitrogens with zero attached hydrogens (tertiary/aromatic N) is 2. The van der Waals surface area contributed by atoms with Crippen LogP contribution in [0.15, 0.2) is 36.5 Å². The van der Waals surface area contributed by atoms with Crippen LogP contribution in [0.4, 0.5) is 0 Å². The Morgan fingerprint density at radius 3 is 2.84 bits per heavy atom. The number of carbonyl (C=O) groups excluding carboxylic acids is 1. The maximum absolute atomic E-state index is 12.6. The van der Waals surface area contributed by atoms with Gasteiger partial charge in [0.05, 0.1) is 5.52 Å². The fraction of sp³-hybridized carbons (Fsp3) is 0.333. The minimum Gasteiger partial charge on any atom is -0.337 e. The fourth-order valence-electron chi connectivity index (χ4n) is 2.20. The van der Waals surface area contributed by atoms with Crippen molar-refractivity contribution < 1.29 is 4.79 Å². The van der Waals surface area contributed by atoms with Crippen LogP contribution in [0.25, 0.3) is 10.9 Å². The number of benzene rings is 1. The van der Waals surface area contributed by atoms with E-state index in [1.807, 2.05) is 35.2 Å². The van der Waals surface area contributed by atoms with Gasteiger partial charge in [0.25, 0.3) is 5.91 Å². The van der Waals surface area contributed by atoms with Crippen molar-refractivity contribution in [2.24, 2.45) is 5.73 Å². The topological polar surface area (TPSA) is 59.2 Å². The van der Waals surface area contributed by atoms with Gasteiger partial charge in [0.1, 0.15) is 0 Å². The number of hydrogen-bond acceptors (Lipinski definition) is 3. The summed E-state index contributed by atoms with van der Waals surface area (Å²) in [5.41, 5.74) is 7.13. The Morgan fingerprint density at radius 2 is 2.11 bits per heavy atom. The molecular formula is C15H19N3O. The predicted molar refractivity (Wildman–Crippen MR) is 77.0 cm³/mol. The van der Waals surface area contributed by atoms with Crippen LogP contribution < -0.4 is 5.73 Å². The van der Waals surface area contributed by atoms with Gasteiger partial charge in [-0.25, -0.2) is 0 Å². The maximum Gasteiger partial charge on any atom is 0.254 e. The molecule has 0 bridgehead atoms. The van der Waals surface area contributed by atoms with Crippen molar-refractivity contribution >= 4 is 16.8 Å². The minimum absolute atomic E-state index is 0.0332. The second-order valence-corrected chi connectivity index (χ2v) is 4.46. The third-order valence-corrected chi connectivity index (χ3v) is 3.06. The molecule has 0 aliphatic carbocycles. The van der Waals surface area contributed by atoms with Gasteiger partial charge in [-0.15, -0.1) is 0 Å². The monoisotopic (exact) mass is 257 g/mol. The zero-order chi connectivity index (χ0) is 13.7. The summed E-state index contributed by atoms with van der Waals surface area (Å²) in [4.78, 5) is 18.7. The fourth-order valence-corrected chi connectivity index (χ4v) is 2.20. The van der Waals surface area contributed by atoms with Gasteiger partial charge in [-0.2, -0.15) is 0 Å². The minimum atomic E-state index is 0.0332. The molecule has 4 nitrogen and oxygen atoms in total. The average Bonchev–Trinajstić information content (AvgIpc) is 2.46. The van der Waals surface area contributed by atoms with Gasteiger partial charge >= 0.3 is 0 Å². The summed E-state index contributed by atoms with van der Waals surface area (Å²) in [5.74, 6) is 0.0332. The highest BCUT2D eigenvalue weighted by atomic mass is 16.2. The van der Waals surface area contributed by atoms with Crippen molar-refractivity contribution in [2.45, 2.75) is 13.3 Å². The third kappa shape index (κ3) is 2.90. The first-order valence-corrected chi connectivity index (χ1v) is 6.61. The Balaban J connectivity index is 2.39. The first kappa shape index (κ1) is 13.5. The molecule has 0 aliphatic rings. The van der Waals surface area contributed by atoms with E-state index in [0.717, 1.165) is 23.9 Å². The van der Waals surface area contributed by atoms with E-state index in [0.29, 0.717) is 18.7 Å². The predicted octanol–water partition coefficient (Wildman–Crippen LogP) is 2.05. The Bertz CT molecular complexity index is 557. The molecule has 1 amide bonds. The molecule has 0 spiro atoms. The molecule has 1 aromatic heterocycles. The molecule has 1 heterocycles. The Labute approximate surface area is 113 Å². The van der Waals surface area contributed by atoms with E-state index < -0.39 is 0 Å². The van der Waals surface area contributed by atoms with Crippen molar-refractivity contribution in [3.05, 3.63) is 42.1 Å². The smallest absolute Gasteiger partial charge is 0.254 e. The lowest BCUT2D eigenvalue weighted by Gasteiger charge is -2.22. The number of fused-ring (bicyclic) bond motifs is 1. The van der Waals surface area contributed by atoms with E-state index in [4.69, 9.17) is 5.73 Å². The van der Waals surface area contributed by atoms with Gasteiger partial charge < -0.3 is 10.6 Å². The molecule has 2 rings (SSSR count). The molecule has 4 heteroatoms. The molecular weight excluding hydrogens is 238 g/mol. The van der Waals surface area contributed by atoms with E-state index in [-0.39, 0.29) is 5.91 Å². The van der Waals surface area contributed by atoms with E-state index in [1.165, 1.54) is 0 Å². The standard InChI is InChI=1S/C15H19N3O/c1-2-10-18(11-8-16)15(19)13-5-3-7-14-12(13)6-4-9-17-14/h3-7,9H,2,8,10-11,16H2,1H3. The summed E-state index contributed by atoms with van der Waals surface area (Å²) in [7, 11) is 0. The van der Waals surface area contributed by atoms with Gasteiger partial charge in [0, 0.05) is 36.8 Å². The van der Waals surface area contributed by atoms with Gasteiger partial charge in [0.15, 0.2) is 0 Å². The molecule has 0 unspecified atom stereocenters. The van der Waals surface area contributed by atoms with Crippen molar-refractivity contribution in [1.29, 1.82) is 0 Å². The summed E-state index contributed by atoms with van der Waals surface area (Å²) in [6, 6.07) is 9.42. The molecule has 0 radical (unpaired) electrons. The number of amides is 1. The van der Waals surface area contributed by atoms with Crippen LogP contribution in [-0.4, -0.2) is 35.4 Å². The second kappa shape index (κ2) is 6.29. The summed E-state index contributed by atoms with van der Waals surface area (Å²) in [6.45, 7) is 3.85. The van der Waals surface area contributed by atoms with Crippen LogP contribution in [0.5, 0.6) is 0 Å². The van der Waals surface area contributed by atoms with Crippen LogP contribution >= 0.6 is 0 Å². The van der Waals surface area contributed by atoms with Crippen LogP contribution in [0.3, 0.4) is 0 Å². The molecule has 0 saturated heterocycles. The lowest BCUT2D eigenvalue weighted by molar-refractivity contribution is 0.0762. The summed E-state index contributed by atoms with van der Waals surface area (Å²) >= 11 is 0. The van der Waals surface area contributed by atoms with Crippen LogP contribution in [-0.2, 0) is 0 Å². The normalized spacial score (nSPS) is 10.6. The number of rotatable bonds is 5. The molecule has 2 aromatic rings. The highest BCUT2D eigenvalue weighted by Gasteiger charge is 2.16. The lowest BCUT2D eigenvalue weighted by atomic mass is 10.1. The lowest BCUT2D eigenvalue weighted by Crippen LogP contribution is -2.36. The molecule has 0 fully saturated rings. The molecule has 19 heavy (non-hydrogen) atoms. The molecule has 0 aliphatic heterocycles. The zero-order valence-electron chi connectivity index (χ0n) is 11.2. The van der Waals surface area contributed by atoms with E-state index in [9.17, 15) is 4.79 Å². The molecule has 0 saturated carbocycles. The second-order valence-electron chi connectivity index (χ2n) is 4.46. The van der Waals surface area contributed by atoms with Crippen LogP contribution in [0.2, 0.25) is 0 Å².